The molecule has 1 saturated heterocycles. The fraction of sp³-hybridized carbons (Fsp3) is 0.538. The van der Waals surface area contributed by atoms with Gasteiger partial charge in [0.1, 0.15) is 6.67 Å². The summed E-state index contributed by atoms with van der Waals surface area (Å²) in [6.07, 6.45) is 3.60. The Labute approximate surface area is 96.2 Å². The fourth-order valence-corrected chi connectivity index (χ4v) is 2.24. The number of hydrogen-bond acceptors (Lipinski definition) is 2. The molecule has 0 amide bonds. The standard InChI is InChI=1S/C13H19FN2/c14-10-11-3-4-12(13(15)9-11)5-8-16-6-1-2-7-16/h3-4,9H,1-2,5-8,10,15H2. The molecule has 0 aliphatic carbocycles. The Bertz CT molecular complexity index is 346. The number of alkyl halides is 1. The Morgan fingerprint density at radius 3 is 2.62 bits per heavy atom. The predicted octanol–water partition coefficient (Wildman–Crippen LogP) is 2.38. The number of likely N-dealkylation sites (tertiary alicyclic amines) is 1. The Hall–Kier alpha value is -1.09. The number of halogens is 1. The first kappa shape index (κ1) is 11.4. The van der Waals surface area contributed by atoms with Gasteiger partial charge in [0, 0.05) is 12.2 Å². The van der Waals surface area contributed by atoms with Gasteiger partial charge in [0.2, 0.25) is 0 Å². The average Bonchev–Trinajstić information content (AvgIpc) is 2.80. The first-order valence-electron chi connectivity index (χ1n) is 5.95. The molecule has 0 bridgehead atoms. The molecule has 0 unspecified atom stereocenters. The summed E-state index contributed by atoms with van der Waals surface area (Å²) >= 11 is 0. The van der Waals surface area contributed by atoms with E-state index in [1.54, 1.807) is 6.07 Å². The highest BCUT2D eigenvalue weighted by Gasteiger charge is 2.11. The lowest BCUT2D eigenvalue weighted by atomic mass is 10.1. The summed E-state index contributed by atoms with van der Waals surface area (Å²) in [5.41, 5.74) is 8.44. The second-order valence-corrected chi connectivity index (χ2v) is 4.47. The van der Waals surface area contributed by atoms with Gasteiger partial charge in [-0.15, -0.1) is 0 Å². The van der Waals surface area contributed by atoms with Gasteiger partial charge in [-0.3, -0.25) is 0 Å². The Kier molecular flexibility index (Phi) is 3.78. The van der Waals surface area contributed by atoms with E-state index in [9.17, 15) is 4.39 Å². The summed E-state index contributed by atoms with van der Waals surface area (Å²) in [7, 11) is 0. The Balaban J connectivity index is 1.93. The van der Waals surface area contributed by atoms with Crippen molar-refractivity contribution >= 4 is 5.69 Å². The van der Waals surface area contributed by atoms with E-state index >= 15 is 0 Å². The SMILES string of the molecule is Nc1cc(CF)ccc1CCN1CCCC1. The minimum atomic E-state index is -0.434. The molecule has 0 spiro atoms. The van der Waals surface area contributed by atoms with Crippen LogP contribution in [0, 0.1) is 0 Å². The van der Waals surface area contributed by atoms with Crippen molar-refractivity contribution in [2.24, 2.45) is 0 Å². The van der Waals surface area contributed by atoms with Crippen molar-refractivity contribution < 1.29 is 4.39 Å². The quantitative estimate of drug-likeness (QED) is 0.792. The Morgan fingerprint density at radius 1 is 1.25 bits per heavy atom. The van der Waals surface area contributed by atoms with Crippen molar-refractivity contribution in [2.75, 3.05) is 25.4 Å². The molecule has 0 saturated carbocycles. The molecule has 1 aliphatic rings. The molecule has 0 atom stereocenters. The largest absolute Gasteiger partial charge is 0.398 e. The van der Waals surface area contributed by atoms with Crippen molar-refractivity contribution in [1.29, 1.82) is 0 Å². The highest BCUT2D eigenvalue weighted by atomic mass is 19.1. The van der Waals surface area contributed by atoms with E-state index in [-0.39, 0.29) is 0 Å². The molecule has 1 aliphatic heterocycles. The van der Waals surface area contributed by atoms with Crippen LogP contribution in [0.4, 0.5) is 10.1 Å². The van der Waals surface area contributed by atoms with Gasteiger partial charge in [0.05, 0.1) is 0 Å². The topological polar surface area (TPSA) is 29.3 Å². The zero-order chi connectivity index (χ0) is 11.4. The fourth-order valence-electron chi connectivity index (χ4n) is 2.24. The second kappa shape index (κ2) is 5.30. The molecule has 2 rings (SSSR count). The normalized spacial score (nSPS) is 16.8. The lowest BCUT2D eigenvalue weighted by Gasteiger charge is -2.15. The summed E-state index contributed by atoms with van der Waals surface area (Å²) in [4.78, 5) is 2.46. The van der Waals surface area contributed by atoms with Crippen molar-refractivity contribution in [3.05, 3.63) is 29.3 Å². The molecule has 1 heterocycles. The highest BCUT2D eigenvalue weighted by molar-refractivity contribution is 5.49. The van der Waals surface area contributed by atoms with Crippen molar-refractivity contribution in [3.8, 4) is 0 Å². The number of hydrogen-bond donors (Lipinski definition) is 1. The summed E-state index contributed by atoms with van der Waals surface area (Å²) in [6, 6.07) is 5.54. The maximum absolute atomic E-state index is 12.4. The number of nitrogens with zero attached hydrogens (tertiary/aromatic N) is 1. The molecule has 1 fully saturated rings. The van der Waals surface area contributed by atoms with Crippen molar-refractivity contribution in [3.63, 3.8) is 0 Å². The van der Waals surface area contributed by atoms with Gasteiger partial charge in [0.25, 0.3) is 0 Å². The summed E-state index contributed by atoms with van der Waals surface area (Å²) in [6.45, 7) is 3.06. The zero-order valence-electron chi connectivity index (χ0n) is 9.58. The third kappa shape index (κ3) is 2.73. The molecule has 0 aromatic heterocycles. The van der Waals surface area contributed by atoms with Gasteiger partial charge in [-0.1, -0.05) is 12.1 Å². The van der Waals surface area contributed by atoms with Gasteiger partial charge in [-0.25, -0.2) is 4.39 Å². The van der Waals surface area contributed by atoms with Crippen LogP contribution in [0.5, 0.6) is 0 Å². The molecule has 1 aromatic rings. The number of benzene rings is 1. The van der Waals surface area contributed by atoms with E-state index in [0.717, 1.165) is 24.2 Å². The summed E-state index contributed by atoms with van der Waals surface area (Å²) in [5.74, 6) is 0. The molecule has 3 heteroatoms. The van der Waals surface area contributed by atoms with Crippen LogP contribution in [0.1, 0.15) is 24.0 Å². The lowest BCUT2D eigenvalue weighted by Crippen LogP contribution is -2.22. The van der Waals surface area contributed by atoms with Gasteiger partial charge in [-0.05, 0) is 49.5 Å². The van der Waals surface area contributed by atoms with E-state index in [1.807, 2.05) is 12.1 Å². The predicted molar refractivity (Wildman–Crippen MR) is 65.0 cm³/mol. The highest BCUT2D eigenvalue weighted by Crippen LogP contribution is 2.17. The van der Waals surface area contributed by atoms with E-state index < -0.39 is 6.67 Å². The number of nitrogens with two attached hydrogens (primary N) is 1. The first-order valence-corrected chi connectivity index (χ1v) is 5.95. The zero-order valence-corrected chi connectivity index (χ0v) is 9.58. The molecule has 1 aromatic carbocycles. The maximum atomic E-state index is 12.4. The smallest absolute Gasteiger partial charge is 0.115 e. The lowest BCUT2D eigenvalue weighted by molar-refractivity contribution is 0.343. The van der Waals surface area contributed by atoms with Gasteiger partial charge >= 0.3 is 0 Å². The molecular weight excluding hydrogens is 203 g/mol. The van der Waals surface area contributed by atoms with Crippen LogP contribution in [0.25, 0.3) is 0 Å². The van der Waals surface area contributed by atoms with E-state index in [4.69, 9.17) is 5.73 Å². The second-order valence-electron chi connectivity index (χ2n) is 4.47. The third-order valence-corrected chi connectivity index (χ3v) is 3.26. The molecule has 88 valence electrons. The van der Waals surface area contributed by atoms with Gasteiger partial charge in [0.15, 0.2) is 0 Å². The van der Waals surface area contributed by atoms with E-state index in [1.165, 1.54) is 25.9 Å². The third-order valence-electron chi connectivity index (χ3n) is 3.26. The monoisotopic (exact) mass is 222 g/mol. The van der Waals surface area contributed by atoms with Crippen LogP contribution in [-0.2, 0) is 13.1 Å². The molecule has 2 N–H and O–H groups in total. The summed E-state index contributed by atoms with van der Waals surface area (Å²) < 4.78 is 12.4. The van der Waals surface area contributed by atoms with Crippen molar-refractivity contribution in [1.82, 2.24) is 4.90 Å². The van der Waals surface area contributed by atoms with Gasteiger partial charge in [-0.2, -0.15) is 0 Å². The number of nitrogen functional groups attached to an aromatic ring is 1. The van der Waals surface area contributed by atoms with Crippen LogP contribution in [-0.4, -0.2) is 24.5 Å². The number of rotatable bonds is 4. The van der Waals surface area contributed by atoms with Crippen LogP contribution in [0.15, 0.2) is 18.2 Å². The van der Waals surface area contributed by atoms with Gasteiger partial charge < -0.3 is 10.6 Å². The maximum Gasteiger partial charge on any atom is 0.115 e. The molecule has 0 radical (unpaired) electrons. The molecular formula is C13H19FN2. The minimum Gasteiger partial charge on any atom is -0.398 e. The van der Waals surface area contributed by atoms with Crippen LogP contribution in [0.3, 0.4) is 0 Å². The van der Waals surface area contributed by atoms with E-state index in [0.29, 0.717) is 5.56 Å². The van der Waals surface area contributed by atoms with Crippen molar-refractivity contribution in [2.45, 2.75) is 25.9 Å². The van der Waals surface area contributed by atoms with E-state index in [2.05, 4.69) is 4.90 Å². The first-order chi connectivity index (χ1) is 7.79. The average molecular weight is 222 g/mol. The number of anilines is 1. The Morgan fingerprint density at radius 2 is 2.00 bits per heavy atom. The summed E-state index contributed by atoms with van der Waals surface area (Å²) in [5, 5.41) is 0. The minimum absolute atomic E-state index is 0.434. The van der Waals surface area contributed by atoms with Crippen LogP contribution in [0.2, 0.25) is 0 Å². The molecule has 2 nitrogen and oxygen atoms in total. The van der Waals surface area contributed by atoms with Crippen LogP contribution >= 0.6 is 0 Å². The molecule has 16 heavy (non-hydrogen) atoms. The van der Waals surface area contributed by atoms with Crippen LogP contribution < -0.4 is 5.73 Å².